The monoisotopic (exact) mass is 506 g/mol. The van der Waals surface area contributed by atoms with Crippen LogP contribution in [0.25, 0.3) is 11.1 Å². The van der Waals surface area contributed by atoms with Crippen LogP contribution in [0.3, 0.4) is 0 Å². The lowest BCUT2D eigenvalue weighted by atomic mass is 9.88. The van der Waals surface area contributed by atoms with Crippen molar-refractivity contribution in [3.8, 4) is 16.9 Å². The van der Waals surface area contributed by atoms with Crippen LogP contribution in [0.15, 0.2) is 91.0 Å². The van der Waals surface area contributed by atoms with Gasteiger partial charge in [0.15, 0.2) is 0 Å². The van der Waals surface area contributed by atoms with Gasteiger partial charge in [-0.15, -0.1) is 0 Å². The summed E-state index contributed by atoms with van der Waals surface area (Å²) in [6, 6.07) is 30.2. The molecule has 0 spiro atoms. The molecule has 5 heteroatoms. The predicted octanol–water partition coefficient (Wildman–Crippen LogP) is 7.39. The summed E-state index contributed by atoms with van der Waals surface area (Å²) in [5.74, 6) is 0.500. The third-order valence-corrected chi connectivity index (χ3v) is 7.20. The summed E-state index contributed by atoms with van der Waals surface area (Å²) < 4.78 is 11.9. The van der Waals surface area contributed by atoms with Crippen molar-refractivity contribution in [1.29, 1.82) is 0 Å². The number of rotatable bonds is 9. The fourth-order valence-corrected chi connectivity index (χ4v) is 5.34. The van der Waals surface area contributed by atoms with Gasteiger partial charge in [0, 0.05) is 41.2 Å². The zero-order chi connectivity index (χ0) is 26.7. The van der Waals surface area contributed by atoms with E-state index in [0.717, 1.165) is 58.0 Å². The van der Waals surface area contributed by atoms with Gasteiger partial charge in [-0.3, -0.25) is 0 Å². The topological polar surface area (TPSA) is 50.8 Å². The Morgan fingerprint density at radius 1 is 0.816 bits per heavy atom. The largest absolute Gasteiger partial charge is 0.494 e. The lowest BCUT2D eigenvalue weighted by Crippen LogP contribution is -2.38. The Labute approximate surface area is 225 Å². The first kappa shape index (κ1) is 25.4. The van der Waals surface area contributed by atoms with E-state index in [9.17, 15) is 4.79 Å². The van der Waals surface area contributed by atoms with Gasteiger partial charge in [-0.2, -0.15) is 0 Å². The number of hydrogen-bond acceptors (Lipinski definition) is 5. The molecule has 194 valence electrons. The van der Waals surface area contributed by atoms with Gasteiger partial charge in [0.25, 0.3) is 0 Å². The zero-order valence-electron chi connectivity index (χ0n) is 22.5. The average Bonchev–Trinajstić information content (AvgIpc) is 3.22. The van der Waals surface area contributed by atoms with Gasteiger partial charge in [-0.1, -0.05) is 54.6 Å². The number of anilines is 2. The second-order valence-corrected chi connectivity index (χ2v) is 9.42. The molecule has 0 aliphatic carbocycles. The molecule has 5 rings (SSSR count). The van der Waals surface area contributed by atoms with Gasteiger partial charge in [-0.25, -0.2) is 4.79 Å². The Morgan fingerprint density at radius 3 is 2.18 bits per heavy atom. The number of carbonyl (C=O) groups is 1. The van der Waals surface area contributed by atoms with Crippen molar-refractivity contribution in [1.82, 2.24) is 0 Å². The highest BCUT2D eigenvalue weighted by Crippen LogP contribution is 2.45. The van der Waals surface area contributed by atoms with E-state index >= 15 is 0 Å². The van der Waals surface area contributed by atoms with Crippen molar-refractivity contribution in [2.45, 2.75) is 33.4 Å². The second-order valence-electron chi connectivity index (χ2n) is 9.42. The molecular weight excluding hydrogens is 472 g/mol. The Kier molecular flexibility index (Phi) is 7.10. The molecule has 0 aromatic heterocycles. The molecule has 0 amide bonds. The fourth-order valence-electron chi connectivity index (χ4n) is 5.34. The highest BCUT2D eigenvalue weighted by Gasteiger charge is 2.48. The van der Waals surface area contributed by atoms with Crippen LogP contribution < -0.4 is 15.0 Å². The van der Waals surface area contributed by atoms with Crippen molar-refractivity contribution in [3.63, 3.8) is 0 Å². The number of fused-ring (bicyclic) bond motifs is 1. The van der Waals surface area contributed by atoms with Gasteiger partial charge < -0.3 is 19.7 Å². The average molecular weight is 507 g/mol. The predicted molar refractivity (Wildman–Crippen MR) is 154 cm³/mol. The van der Waals surface area contributed by atoms with Crippen LogP contribution in [-0.4, -0.2) is 25.7 Å². The molecule has 0 bridgehead atoms. The zero-order valence-corrected chi connectivity index (χ0v) is 22.5. The van der Waals surface area contributed by atoms with Crippen LogP contribution in [-0.2, 0) is 10.5 Å². The third kappa shape index (κ3) is 4.49. The van der Waals surface area contributed by atoms with E-state index < -0.39 is 5.72 Å². The molecule has 1 aliphatic heterocycles. The number of esters is 1. The van der Waals surface area contributed by atoms with Gasteiger partial charge in [0.1, 0.15) is 5.75 Å². The first-order chi connectivity index (χ1) is 18.5. The van der Waals surface area contributed by atoms with Crippen molar-refractivity contribution in [3.05, 3.63) is 113 Å². The molecule has 1 atom stereocenters. The molecule has 1 heterocycles. The Hall–Kier alpha value is -4.25. The second kappa shape index (κ2) is 10.6. The molecule has 0 radical (unpaired) electrons. The molecule has 5 nitrogen and oxygen atoms in total. The summed E-state index contributed by atoms with van der Waals surface area (Å²) in [5.41, 5.74) is 6.24. The Morgan fingerprint density at radius 2 is 1.50 bits per heavy atom. The van der Waals surface area contributed by atoms with Gasteiger partial charge in [0.05, 0.1) is 12.2 Å². The number of nitrogens with zero attached hydrogens (tertiary/aromatic N) is 1. The van der Waals surface area contributed by atoms with E-state index in [2.05, 4.69) is 67.4 Å². The van der Waals surface area contributed by atoms with Gasteiger partial charge in [0.2, 0.25) is 5.72 Å². The summed E-state index contributed by atoms with van der Waals surface area (Å²) in [4.78, 5) is 15.5. The van der Waals surface area contributed by atoms with Crippen LogP contribution in [0.4, 0.5) is 11.4 Å². The number of nitrogens with one attached hydrogen (secondary N) is 1. The molecule has 0 saturated heterocycles. The van der Waals surface area contributed by atoms with E-state index in [0.29, 0.717) is 12.2 Å². The van der Waals surface area contributed by atoms with Gasteiger partial charge in [-0.05, 0) is 75.2 Å². The van der Waals surface area contributed by atoms with Crippen LogP contribution in [0, 0.1) is 6.92 Å². The summed E-state index contributed by atoms with van der Waals surface area (Å²) in [5, 5.41) is 3.69. The van der Waals surface area contributed by atoms with Crippen molar-refractivity contribution in [2.75, 3.05) is 29.9 Å². The molecule has 0 saturated carbocycles. The minimum absolute atomic E-state index is 0.334. The highest BCUT2D eigenvalue weighted by molar-refractivity contribution is 5.96. The number of aryl methyl sites for hydroxylation is 1. The van der Waals surface area contributed by atoms with Crippen LogP contribution in [0.2, 0.25) is 0 Å². The highest BCUT2D eigenvalue weighted by atomic mass is 16.6. The maximum Gasteiger partial charge on any atom is 0.341 e. The van der Waals surface area contributed by atoms with E-state index in [1.807, 2.05) is 61.5 Å². The number of cyclic esters (lactones) is 1. The van der Waals surface area contributed by atoms with Crippen molar-refractivity contribution < 1.29 is 14.3 Å². The van der Waals surface area contributed by atoms with E-state index in [4.69, 9.17) is 9.47 Å². The lowest BCUT2D eigenvalue weighted by molar-refractivity contribution is 0.0211. The molecule has 1 unspecified atom stereocenters. The first-order valence-electron chi connectivity index (χ1n) is 13.3. The number of para-hydroxylation sites is 1. The molecule has 1 N–H and O–H groups in total. The number of hydrogen-bond donors (Lipinski definition) is 1. The normalized spacial score (nSPS) is 16.1. The number of ether oxygens (including phenoxy) is 2. The van der Waals surface area contributed by atoms with E-state index in [1.54, 1.807) is 0 Å². The number of benzene rings is 4. The quantitative estimate of drug-likeness (QED) is 0.240. The standard InChI is InChI=1S/C33H34N2O3/c1-5-35(6-2)25-18-21-29(23(4)22-25)33(30-14-10-8-13-28(30)32(36)38-33)34-31-15-11-9-12-27(31)24-16-19-26(20-17-24)37-7-3/h8-22,34H,5-7H2,1-4H3. The smallest absolute Gasteiger partial charge is 0.341 e. The van der Waals surface area contributed by atoms with Crippen molar-refractivity contribution >= 4 is 17.3 Å². The van der Waals surface area contributed by atoms with Crippen LogP contribution in [0.1, 0.15) is 47.8 Å². The van der Waals surface area contributed by atoms with E-state index in [-0.39, 0.29) is 5.97 Å². The summed E-state index contributed by atoms with van der Waals surface area (Å²) >= 11 is 0. The Balaban J connectivity index is 1.64. The van der Waals surface area contributed by atoms with Gasteiger partial charge >= 0.3 is 5.97 Å². The van der Waals surface area contributed by atoms with E-state index in [1.165, 1.54) is 0 Å². The van der Waals surface area contributed by atoms with Crippen LogP contribution in [0.5, 0.6) is 5.75 Å². The summed E-state index contributed by atoms with van der Waals surface area (Å²) in [6.45, 7) is 10.8. The maximum atomic E-state index is 13.2. The molecular formula is C33H34N2O3. The van der Waals surface area contributed by atoms with Crippen LogP contribution >= 0.6 is 0 Å². The number of carbonyl (C=O) groups excluding carboxylic acids is 1. The molecule has 38 heavy (non-hydrogen) atoms. The molecule has 4 aromatic carbocycles. The Bertz CT molecular complexity index is 1440. The molecule has 0 fully saturated rings. The fraction of sp³-hybridized carbons (Fsp3) is 0.242. The minimum atomic E-state index is -1.17. The van der Waals surface area contributed by atoms with Crippen molar-refractivity contribution in [2.24, 2.45) is 0 Å². The lowest BCUT2D eigenvalue weighted by Gasteiger charge is -2.34. The molecule has 4 aromatic rings. The SMILES string of the molecule is CCOc1ccc(-c2ccccc2NC2(c3ccc(N(CC)CC)cc3C)OC(=O)c3ccccc32)cc1. The minimum Gasteiger partial charge on any atom is -0.494 e. The maximum absolute atomic E-state index is 13.2. The third-order valence-electron chi connectivity index (χ3n) is 7.20. The summed E-state index contributed by atoms with van der Waals surface area (Å²) in [7, 11) is 0. The summed E-state index contributed by atoms with van der Waals surface area (Å²) in [6.07, 6.45) is 0. The molecule has 1 aliphatic rings. The first-order valence-corrected chi connectivity index (χ1v) is 13.3.